The van der Waals surface area contributed by atoms with Crippen LogP contribution < -0.4 is 27.2 Å². The number of aromatic nitrogens is 6. The molecule has 3 saturated heterocycles. The monoisotopic (exact) mass is 1160 g/mol. The molecule has 0 saturated carbocycles. The van der Waals surface area contributed by atoms with Crippen molar-refractivity contribution in [2.45, 2.75) is 139 Å². The van der Waals surface area contributed by atoms with Gasteiger partial charge >= 0.3 is 39.4 Å². The van der Waals surface area contributed by atoms with Gasteiger partial charge < -0.3 is 69.7 Å². The van der Waals surface area contributed by atoms with Gasteiger partial charge in [0.15, 0.2) is 36.3 Å². The summed E-state index contributed by atoms with van der Waals surface area (Å²) in [6.45, 7) is 0.139. The Bertz CT molecular complexity index is 3040. The normalized spacial score (nSPS) is 24.1. The molecule has 0 bridgehead atoms. The van der Waals surface area contributed by atoms with Crippen LogP contribution in [0.3, 0.4) is 0 Å². The molecular formula is C49H63N9O20P2. The first-order valence-electron chi connectivity index (χ1n) is 25.7. The van der Waals surface area contributed by atoms with Crippen molar-refractivity contribution in [3.05, 3.63) is 101 Å². The number of carbonyl (C=O) groups is 3. The summed E-state index contributed by atoms with van der Waals surface area (Å²) in [6.07, 6.45) is -6.04. The van der Waals surface area contributed by atoms with Crippen molar-refractivity contribution >= 4 is 56.5 Å². The molecule has 3 fully saturated rings. The number of amides is 1. The SMILES string of the molecule is CCCCCCC(=O)Oc1ccc(COC(=O)N[C@@H](CCCc2ccccc2)C(=O)O[C@H]2[C@@H](O)[C@H](n3cnc4c(N)ncnc43)O[C@@H]2COP(=O)(O)O[C@H]2[C@@H](OC3CCCO3)[C@H](n3ccc(N)nc3=O)O[C@@H]2COP(=O)(O)O)cc1. The lowest BCUT2D eigenvalue weighted by Crippen LogP contribution is -2.46. The van der Waals surface area contributed by atoms with E-state index in [0.29, 0.717) is 43.4 Å². The van der Waals surface area contributed by atoms with Gasteiger partial charge in [-0.15, -0.1) is 0 Å². The summed E-state index contributed by atoms with van der Waals surface area (Å²) in [4.78, 5) is 100. The number of aryl methyl sites for hydroxylation is 1. The number of fused-ring (bicyclic) bond motifs is 1. The van der Waals surface area contributed by atoms with Crippen LogP contribution in [0.25, 0.3) is 11.2 Å². The van der Waals surface area contributed by atoms with Gasteiger partial charge in [0.25, 0.3) is 0 Å². The van der Waals surface area contributed by atoms with Crippen molar-refractivity contribution < 1.29 is 90.0 Å². The van der Waals surface area contributed by atoms with Gasteiger partial charge in [-0.05, 0) is 61.4 Å². The molecule has 9 N–H and O–H groups in total. The number of carbonyl (C=O) groups excluding carboxylic acids is 3. The summed E-state index contributed by atoms with van der Waals surface area (Å²) in [5.41, 5.74) is 12.5. The molecule has 0 spiro atoms. The van der Waals surface area contributed by atoms with Gasteiger partial charge in [0.1, 0.15) is 66.6 Å². The molecule has 2 aromatic carbocycles. The first-order chi connectivity index (χ1) is 38.3. The Balaban J connectivity index is 1.01. The Morgan fingerprint density at radius 3 is 2.34 bits per heavy atom. The van der Waals surface area contributed by atoms with Crippen LogP contribution in [0, 0.1) is 0 Å². The molecule has 11 atom stereocenters. The van der Waals surface area contributed by atoms with Gasteiger partial charge in [0, 0.05) is 25.6 Å². The predicted molar refractivity (Wildman–Crippen MR) is 276 cm³/mol. The molecule has 3 aliphatic heterocycles. The van der Waals surface area contributed by atoms with Crippen LogP contribution in [-0.2, 0) is 73.7 Å². The predicted octanol–water partition coefficient (Wildman–Crippen LogP) is 3.64. The van der Waals surface area contributed by atoms with Crippen LogP contribution >= 0.6 is 15.6 Å². The quantitative estimate of drug-likeness (QED) is 0.0171. The van der Waals surface area contributed by atoms with Gasteiger partial charge in [0.2, 0.25) is 0 Å². The van der Waals surface area contributed by atoms with E-state index >= 15 is 0 Å². The summed E-state index contributed by atoms with van der Waals surface area (Å²) < 4.78 is 85.1. The van der Waals surface area contributed by atoms with E-state index in [1.807, 2.05) is 30.3 Å². The first-order valence-corrected chi connectivity index (χ1v) is 28.7. The van der Waals surface area contributed by atoms with Crippen molar-refractivity contribution in [1.29, 1.82) is 0 Å². The van der Waals surface area contributed by atoms with Crippen LogP contribution in [0.4, 0.5) is 16.4 Å². The molecule has 0 aliphatic carbocycles. The molecule has 8 rings (SSSR count). The fourth-order valence-corrected chi connectivity index (χ4v) is 10.4. The lowest BCUT2D eigenvalue weighted by Gasteiger charge is -2.29. The van der Waals surface area contributed by atoms with Crippen molar-refractivity contribution in [3.8, 4) is 5.75 Å². The van der Waals surface area contributed by atoms with E-state index < -0.39 is 108 Å². The highest BCUT2D eigenvalue weighted by molar-refractivity contribution is 7.47. The lowest BCUT2D eigenvalue weighted by atomic mass is 10.0. The largest absolute Gasteiger partial charge is 0.472 e. The number of benzene rings is 2. The molecule has 0 radical (unpaired) electrons. The second-order valence-electron chi connectivity index (χ2n) is 18.9. The first kappa shape index (κ1) is 59.8. The third-order valence-corrected chi connectivity index (χ3v) is 14.5. The maximum atomic E-state index is 14.4. The van der Waals surface area contributed by atoms with Crippen molar-refractivity contribution in [1.82, 2.24) is 34.4 Å². The van der Waals surface area contributed by atoms with Gasteiger partial charge in [-0.25, -0.2) is 38.5 Å². The maximum Gasteiger partial charge on any atom is 0.472 e. The van der Waals surface area contributed by atoms with Crippen molar-refractivity contribution in [2.24, 2.45) is 0 Å². The van der Waals surface area contributed by atoms with Gasteiger partial charge in [0.05, 0.1) is 19.5 Å². The van der Waals surface area contributed by atoms with Crippen molar-refractivity contribution in [3.63, 3.8) is 0 Å². The molecule has 31 heteroatoms. The molecule has 5 aromatic rings. The summed E-state index contributed by atoms with van der Waals surface area (Å²) in [5.74, 6) is -1.31. The number of anilines is 2. The average Bonchev–Trinajstić information content (AvgIpc) is 4.30. The van der Waals surface area contributed by atoms with E-state index in [1.54, 1.807) is 24.3 Å². The highest BCUT2D eigenvalue weighted by atomic mass is 31.2. The van der Waals surface area contributed by atoms with Crippen LogP contribution in [0.15, 0.2) is 84.3 Å². The van der Waals surface area contributed by atoms with Crippen LogP contribution in [0.5, 0.6) is 5.75 Å². The third-order valence-electron chi connectivity index (χ3n) is 13.0. The van der Waals surface area contributed by atoms with Crippen LogP contribution in [-0.4, -0.2) is 136 Å². The minimum atomic E-state index is -5.48. The Morgan fingerprint density at radius 2 is 1.61 bits per heavy atom. The average molecular weight is 1160 g/mol. The number of imidazole rings is 1. The zero-order valence-electron chi connectivity index (χ0n) is 43.2. The number of rotatable bonds is 27. The lowest BCUT2D eigenvalue weighted by molar-refractivity contribution is -0.181. The third kappa shape index (κ3) is 16.2. The number of phosphoric ester groups is 2. The van der Waals surface area contributed by atoms with E-state index in [2.05, 4.69) is 32.2 Å². The van der Waals surface area contributed by atoms with E-state index in [1.165, 1.54) is 23.2 Å². The number of nitrogens with two attached hydrogens (primary N) is 2. The number of nitrogens with one attached hydrogen (secondary N) is 1. The van der Waals surface area contributed by atoms with E-state index in [9.17, 15) is 48.1 Å². The molecule has 6 heterocycles. The Kier molecular flexibility index (Phi) is 20.5. The number of unbranched alkanes of at least 4 members (excludes halogenated alkanes) is 3. The Morgan fingerprint density at radius 1 is 0.863 bits per heavy atom. The number of hydrogen-bond donors (Lipinski definition) is 7. The number of phosphoric acid groups is 2. The molecule has 29 nitrogen and oxygen atoms in total. The van der Waals surface area contributed by atoms with Gasteiger partial charge in [-0.1, -0.05) is 68.7 Å². The molecule has 3 aromatic heterocycles. The summed E-state index contributed by atoms with van der Waals surface area (Å²) in [5, 5.41) is 14.6. The molecular weight excluding hydrogens is 1100 g/mol. The zero-order valence-corrected chi connectivity index (χ0v) is 45.0. The number of hydrogen-bond acceptors (Lipinski definition) is 23. The molecule has 80 heavy (non-hydrogen) atoms. The van der Waals surface area contributed by atoms with Crippen molar-refractivity contribution in [2.75, 3.05) is 31.3 Å². The number of esters is 2. The number of nitrogens with zero attached hydrogens (tertiary/aromatic N) is 6. The highest BCUT2D eigenvalue weighted by Gasteiger charge is 2.54. The van der Waals surface area contributed by atoms with Gasteiger partial charge in [-0.3, -0.25) is 27.5 Å². The smallest absolute Gasteiger partial charge is 0.455 e. The van der Waals surface area contributed by atoms with E-state index in [4.69, 9.17) is 58.2 Å². The molecule has 434 valence electrons. The molecule has 3 aliphatic rings. The minimum Gasteiger partial charge on any atom is -0.455 e. The Labute approximate surface area is 456 Å². The van der Waals surface area contributed by atoms with Crippen LogP contribution in [0.1, 0.15) is 88.3 Å². The van der Waals surface area contributed by atoms with Gasteiger partial charge in [-0.2, -0.15) is 4.98 Å². The number of aliphatic hydroxyl groups excluding tert-OH is 1. The highest BCUT2D eigenvalue weighted by Crippen LogP contribution is 2.51. The van der Waals surface area contributed by atoms with E-state index in [-0.39, 0.29) is 54.8 Å². The van der Waals surface area contributed by atoms with Crippen LogP contribution in [0.2, 0.25) is 0 Å². The standard InChI is InChI=1S/C49H63N9O20P2/c1-2-3-4-8-15-36(59)73-31-19-17-30(18-20-31)24-70-49(63)55-32(14-9-13-29-11-6-5-7-12-29)47(61)77-40-33(74-45(39(40)60)58-28-54-38-43(51)52-27-53-44(38)58)26-72-80(67,68)78-41-34(25-71-79(64,65)66)75-46(42(41)76-37-16-10-23-69-37)57-22-21-35(50)56-48(57)62/h5-7,11-12,17-22,27-28,32-34,37,39-42,45-46,60H,2-4,8-10,13-16,23-26H2,1H3,(H,55,63)(H,67,68)(H2,50,56,62)(H2,51,52,53)(H2,64,65,66)/t32-,33+,34+,37?,39+,40+,41+,42+,45+,46+/m0/s1. The maximum absolute atomic E-state index is 14.4. The Hall–Kier alpha value is -6.30. The topological polar surface area (TPSA) is 401 Å². The number of aliphatic hydroxyl groups is 1. The summed E-state index contributed by atoms with van der Waals surface area (Å²) in [7, 11) is -10.7. The zero-order chi connectivity index (χ0) is 57.0. The summed E-state index contributed by atoms with van der Waals surface area (Å²) >= 11 is 0. The second-order valence-corrected chi connectivity index (χ2v) is 21.5. The number of nitrogen functional groups attached to an aromatic ring is 2. The fraction of sp³-hybridized carbons (Fsp3) is 0.510. The second kappa shape index (κ2) is 27.4. The number of ether oxygens (including phenoxy) is 7. The molecule has 2 unspecified atom stereocenters. The molecule has 1 amide bonds. The number of alkyl carbamates (subject to hydrolysis) is 1. The minimum absolute atomic E-state index is 0.0112. The summed E-state index contributed by atoms with van der Waals surface area (Å²) in [6, 6.07) is 15.5. The van der Waals surface area contributed by atoms with E-state index in [0.717, 1.165) is 35.7 Å². The fourth-order valence-electron chi connectivity index (χ4n) is 9.08.